The molecule has 0 fully saturated rings. The van der Waals surface area contributed by atoms with Crippen molar-refractivity contribution >= 4 is 44.9 Å². The van der Waals surface area contributed by atoms with E-state index < -0.39 is 28.0 Å². The van der Waals surface area contributed by atoms with Gasteiger partial charge in [-0.3, -0.25) is 4.79 Å². The van der Waals surface area contributed by atoms with Crippen LogP contribution in [0.3, 0.4) is 0 Å². The Kier molecular flexibility index (Phi) is 7.70. The zero-order chi connectivity index (χ0) is 25.9. The van der Waals surface area contributed by atoms with Crippen LogP contribution in [-0.4, -0.2) is 36.4 Å². The number of aromatic nitrogens is 2. The third kappa shape index (κ3) is 6.08. The summed E-state index contributed by atoms with van der Waals surface area (Å²) in [6, 6.07) is 9.28. The zero-order valence-electron chi connectivity index (χ0n) is 20.3. The Morgan fingerprint density at radius 1 is 1.06 bits per heavy atom. The van der Waals surface area contributed by atoms with Crippen LogP contribution in [0.4, 0.5) is 11.6 Å². The molecule has 2 heterocycles. The molecule has 1 aliphatic rings. The summed E-state index contributed by atoms with van der Waals surface area (Å²) in [7, 11) is -3.92. The maximum Gasteiger partial charge on any atom is 0.349 e. The number of carbonyl (C=O) groups excluding carboxylic acids is 2. The lowest BCUT2D eigenvalue weighted by Gasteiger charge is -2.16. The minimum absolute atomic E-state index is 0.0101. The predicted molar refractivity (Wildman–Crippen MR) is 138 cm³/mol. The summed E-state index contributed by atoms with van der Waals surface area (Å²) in [4.78, 5) is 35.3. The molecule has 36 heavy (non-hydrogen) atoms. The van der Waals surface area contributed by atoms with Gasteiger partial charge in [-0.2, -0.15) is 0 Å². The molecule has 1 unspecified atom stereocenters. The van der Waals surface area contributed by atoms with Crippen LogP contribution in [0.15, 0.2) is 41.3 Å². The Labute approximate surface area is 214 Å². The van der Waals surface area contributed by atoms with Crippen molar-refractivity contribution in [2.45, 2.75) is 63.9 Å². The molecule has 2 N–H and O–H groups in total. The topological polar surface area (TPSA) is 127 Å². The monoisotopic (exact) mass is 528 g/mol. The molecular formula is C25H28N4O5S2. The number of carbonyl (C=O) groups is 2. The van der Waals surface area contributed by atoms with Crippen LogP contribution >= 0.6 is 11.3 Å². The number of thiophene rings is 1. The molecule has 1 aromatic carbocycles. The van der Waals surface area contributed by atoms with Gasteiger partial charge in [0.05, 0.1) is 4.90 Å². The second kappa shape index (κ2) is 10.8. The summed E-state index contributed by atoms with van der Waals surface area (Å²) in [5, 5.41) is 2.69. The number of aryl methyl sites for hydroxylation is 4. The highest BCUT2D eigenvalue weighted by Gasteiger charge is 2.25. The number of rotatable bonds is 8. The van der Waals surface area contributed by atoms with Gasteiger partial charge in [0.15, 0.2) is 6.10 Å². The number of benzene rings is 1. The summed E-state index contributed by atoms with van der Waals surface area (Å²) < 4.78 is 33.3. The summed E-state index contributed by atoms with van der Waals surface area (Å²) >= 11 is 1.44. The third-order valence-corrected chi connectivity index (χ3v) is 8.31. The maximum absolute atomic E-state index is 12.8. The van der Waals surface area contributed by atoms with Crippen LogP contribution < -0.4 is 10.0 Å². The lowest BCUT2D eigenvalue weighted by molar-refractivity contribution is -0.124. The molecule has 4 rings (SSSR count). The van der Waals surface area contributed by atoms with Crippen molar-refractivity contribution in [2.75, 3.05) is 10.0 Å². The number of amides is 1. The normalized spacial score (nSPS) is 14.0. The van der Waals surface area contributed by atoms with Gasteiger partial charge < -0.3 is 10.1 Å². The van der Waals surface area contributed by atoms with Gasteiger partial charge in [-0.05, 0) is 87.9 Å². The van der Waals surface area contributed by atoms with Crippen molar-refractivity contribution in [3.05, 3.63) is 63.1 Å². The average Bonchev–Trinajstić information content (AvgIpc) is 3.26. The molecule has 0 saturated heterocycles. The SMILES string of the molecule is CCC(OC(=O)c1cc2c(s1)CCCC2)C(=O)Nc1ccc(S(=O)(=O)Nc2nc(C)cc(C)n2)cc1. The number of esters is 1. The lowest BCUT2D eigenvalue weighted by Crippen LogP contribution is -2.31. The highest BCUT2D eigenvalue weighted by atomic mass is 32.2. The van der Waals surface area contributed by atoms with E-state index in [0.29, 0.717) is 28.4 Å². The quantitative estimate of drug-likeness (QED) is 0.415. The second-order valence-corrected chi connectivity index (χ2v) is 11.5. The smallest absolute Gasteiger partial charge is 0.349 e. The molecule has 3 aromatic rings. The first kappa shape index (κ1) is 25.8. The average molecular weight is 529 g/mol. The van der Waals surface area contributed by atoms with Crippen LogP contribution in [0.2, 0.25) is 0 Å². The fraction of sp³-hybridized carbons (Fsp3) is 0.360. The number of nitrogens with one attached hydrogen (secondary N) is 2. The molecule has 0 saturated carbocycles. The van der Waals surface area contributed by atoms with Gasteiger partial charge >= 0.3 is 5.97 Å². The number of anilines is 2. The van der Waals surface area contributed by atoms with Crippen LogP contribution in [0.1, 0.15) is 57.7 Å². The van der Waals surface area contributed by atoms with Crippen LogP contribution in [0, 0.1) is 13.8 Å². The first-order valence-corrected chi connectivity index (χ1v) is 14.0. The van der Waals surface area contributed by atoms with Gasteiger partial charge in [-0.1, -0.05) is 6.92 Å². The van der Waals surface area contributed by atoms with Crippen LogP contribution in [0.25, 0.3) is 0 Å². The fourth-order valence-corrected chi connectivity index (χ4v) is 6.07. The Balaban J connectivity index is 1.39. The predicted octanol–water partition coefficient (Wildman–Crippen LogP) is 4.41. The Hall–Kier alpha value is -3.31. The van der Waals surface area contributed by atoms with Crippen LogP contribution in [-0.2, 0) is 32.4 Å². The van der Waals surface area contributed by atoms with E-state index in [1.165, 1.54) is 46.0 Å². The van der Waals surface area contributed by atoms with Gasteiger partial charge in [0.2, 0.25) is 5.95 Å². The van der Waals surface area contributed by atoms with E-state index in [9.17, 15) is 18.0 Å². The molecule has 0 radical (unpaired) electrons. The molecule has 9 nitrogen and oxygen atoms in total. The molecule has 190 valence electrons. The molecule has 1 atom stereocenters. The van der Waals surface area contributed by atoms with Crippen LogP contribution in [0.5, 0.6) is 0 Å². The number of nitrogens with zero attached hydrogens (tertiary/aromatic N) is 2. The van der Waals surface area contributed by atoms with Gasteiger partial charge in [0.25, 0.3) is 15.9 Å². The first-order chi connectivity index (χ1) is 17.1. The molecule has 1 amide bonds. The second-order valence-electron chi connectivity index (χ2n) is 8.66. The minimum Gasteiger partial charge on any atom is -0.448 e. The van der Waals surface area contributed by atoms with E-state index in [-0.39, 0.29) is 10.8 Å². The Bertz CT molecular complexity index is 1340. The molecule has 0 aliphatic heterocycles. The summed E-state index contributed by atoms with van der Waals surface area (Å²) in [6.45, 7) is 5.25. The number of hydrogen-bond donors (Lipinski definition) is 2. The Morgan fingerprint density at radius 2 is 1.72 bits per heavy atom. The van der Waals surface area contributed by atoms with E-state index >= 15 is 0 Å². The zero-order valence-corrected chi connectivity index (χ0v) is 22.0. The number of fused-ring (bicyclic) bond motifs is 1. The molecule has 1 aliphatic carbocycles. The van der Waals surface area contributed by atoms with Crippen molar-refractivity contribution in [3.63, 3.8) is 0 Å². The van der Waals surface area contributed by atoms with E-state index in [1.54, 1.807) is 26.8 Å². The van der Waals surface area contributed by atoms with Crippen molar-refractivity contribution in [3.8, 4) is 0 Å². The van der Waals surface area contributed by atoms with Gasteiger partial charge in [-0.15, -0.1) is 11.3 Å². The Morgan fingerprint density at radius 3 is 2.36 bits per heavy atom. The van der Waals surface area contributed by atoms with Gasteiger partial charge in [0, 0.05) is 22.0 Å². The van der Waals surface area contributed by atoms with Crippen molar-refractivity contribution in [1.82, 2.24) is 9.97 Å². The fourth-order valence-electron chi connectivity index (χ4n) is 3.99. The summed E-state index contributed by atoms with van der Waals surface area (Å²) in [5.41, 5.74) is 2.86. The van der Waals surface area contributed by atoms with Crippen molar-refractivity contribution < 1.29 is 22.7 Å². The molecule has 11 heteroatoms. The minimum atomic E-state index is -3.92. The largest absolute Gasteiger partial charge is 0.448 e. The summed E-state index contributed by atoms with van der Waals surface area (Å²) in [5.74, 6) is -0.994. The maximum atomic E-state index is 12.8. The van der Waals surface area contributed by atoms with E-state index in [0.717, 1.165) is 25.7 Å². The van der Waals surface area contributed by atoms with E-state index in [2.05, 4.69) is 20.0 Å². The van der Waals surface area contributed by atoms with Gasteiger partial charge in [-0.25, -0.2) is 27.9 Å². The van der Waals surface area contributed by atoms with E-state index in [1.807, 2.05) is 6.07 Å². The number of ether oxygens (including phenoxy) is 1. The third-order valence-electron chi connectivity index (χ3n) is 5.75. The number of sulfonamides is 1. The van der Waals surface area contributed by atoms with E-state index in [4.69, 9.17) is 4.74 Å². The molecule has 2 aromatic heterocycles. The molecule has 0 spiro atoms. The van der Waals surface area contributed by atoms with Crippen molar-refractivity contribution in [1.29, 1.82) is 0 Å². The van der Waals surface area contributed by atoms with Crippen molar-refractivity contribution in [2.24, 2.45) is 0 Å². The van der Waals surface area contributed by atoms with Gasteiger partial charge in [0.1, 0.15) is 4.88 Å². The first-order valence-electron chi connectivity index (χ1n) is 11.7. The number of hydrogen-bond acceptors (Lipinski definition) is 8. The summed E-state index contributed by atoms with van der Waals surface area (Å²) in [6.07, 6.45) is 3.52. The highest BCUT2D eigenvalue weighted by Crippen LogP contribution is 2.30. The standard InChI is InChI=1S/C25H28N4O5S2/c1-4-20(34-24(31)22-14-17-7-5-6-8-21(17)35-22)23(30)28-18-9-11-19(12-10-18)36(32,33)29-25-26-15(2)13-16(3)27-25/h9-14,20H,4-8H2,1-3H3,(H,28,30)(H,26,27,29). The highest BCUT2D eigenvalue weighted by molar-refractivity contribution is 7.92. The molecule has 0 bridgehead atoms. The molecular weight excluding hydrogens is 500 g/mol. The lowest BCUT2D eigenvalue weighted by atomic mass is 9.99.